The SMILES string of the molecule is COc1ccc(OCCC(=O)Nc2ccc(Nc3ccccc3)cc2)cc1. The van der Waals surface area contributed by atoms with Crippen LogP contribution in [0, 0.1) is 0 Å². The molecule has 1 amide bonds. The van der Waals surface area contributed by atoms with Crippen LogP contribution < -0.4 is 20.1 Å². The first-order valence-corrected chi connectivity index (χ1v) is 8.72. The molecule has 0 atom stereocenters. The van der Waals surface area contributed by atoms with Crippen LogP contribution in [0.4, 0.5) is 17.1 Å². The molecule has 3 aromatic rings. The Morgan fingerprint density at radius 1 is 0.778 bits per heavy atom. The highest BCUT2D eigenvalue weighted by Gasteiger charge is 2.04. The van der Waals surface area contributed by atoms with Gasteiger partial charge in [-0.3, -0.25) is 4.79 Å². The number of nitrogens with one attached hydrogen (secondary N) is 2. The van der Waals surface area contributed by atoms with E-state index < -0.39 is 0 Å². The molecule has 0 aliphatic heterocycles. The molecular formula is C22H22N2O3. The van der Waals surface area contributed by atoms with Crippen LogP contribution in [-0.2, 0) is 4.79 Å². The van der Waals surface area contributed by atoms with Crippen LogP contribution in [0.2, 0.25) is 0 Å². The Kier molecular flexibility index (Phi) is 6.30. The Hall–Kier alpha value is -3.47. The average Bonchev–Trinajstić information content (AvgIpc) is 2.71. The predicted molar refractivity (Wildman–Crippen MR) is 108 cm³/mol. The van der Waals surface area contributed by atoms with Gasteiger partial charge in [-0.15, -0.1) is 0 Å². The fourth-order valence-electron chi connectivity index (χ4n) is 2.48. The second-order valence-electron chi connectivity index (χ2n) is 5.89. The van der Waals surface area contributed by atoms with Gasteiger partial charge >= 0.3 is 0 Å². The molecule has 0 aliphatic carbocycles. The van der Waals surface area contributed by atoms with Gasteiger partial charge in [0.2, 0.25) is 5.91 Å². The first-order valence-electron chi connectivity index (χ1n) is 8.72. The second kappa shape index (κ2) is 9.29. The molecule has 3 aromatic carbocycles. The highest BCUT2D eigenvalue weighted by atomic mass is 16.5. The van der Waals surface area contributed by atoms with Gasteiger partial charge in [0, 0.05) is 17.1 Å². The third kappa shape index (κ3) is 5.78. The molecular weight excluding hydrogens is 340 g/mol. The van der Waals surface area contributed by atoms with Gasteiger partial charge in [-0.2, -0.15) is 0 Å². The van der Waals surface area contributed by atoms with E-state index in [2.05, 4.69) is 10.6 Å². The van der Waals surface area contributed by atoms with Crippen LogP contribution in [0.1, 0.15) is 6.42 Å². The van der Waals surface area contributed by atoms with Crippen molar-refractivity contribution in [3.63, 3.8) is 0 Å². The molecule has 0 spiro atoms. The molecule has 0 saturated carbocycles. The third-order valence-corrected chi connectivity index (χ3v) is 3.89. The molecule has 0 fully saturated rings. The molecule has 0 saturated heterocycles. The third-order valence-electron chi connectivity index (χ3n) is 3.89. The molecule has 27 heavy (non-hydrogen) atoms. The van der Waals surface area contributed by atoms with Crippen molar-refractivity contribution in [1.29, 1.82) is 0 Å². The standard InChI is InChI=1S/C22H22N2O3/c1-26-20-11-13-21(14-12-20)27-16-15-22(25)24-19-9-7-18(8-10-19)23-17-5-3-2-4-6-17/h2-14,23H,15-16H2,1H3,(H,24,25). The van der Waals surface area contributed by atoms with Gasteiger partial charge < -0.3 is 20.1 Å². The van der Waals surface area contributed by atoms with Crippen LogP contribution in [0.3, 0.4) is 0 Å². The maximum Gasteiger partial charge on any atom is 0.227 e. The molecule has 5 heteroatoms. The number of hydrogen-bond acceptors (Lipinski definition) is 4. The topological polar surface area (TPSA) is 59.6 Å². The molecule has 0 unspecified atom stereocenters. The number of methoxy groups -OCH3 is 1. The van der Waals surface area contributed by atoms with Crippen LogP contribution in [-0.4, -0.2) is 19.6 Å². The lowest BCUT2D eigenvalue weighted by atomic mass is 10.2. The molecule has 2 N–H and O–H groups in total. The molecule has 5 nitrogen and oxygen atoms in total. The highest BCUT2D eigenvalue weighted by Crippen LogP contribution is 2.19. The Labute approximate surface area is 158 Å². The second-order valence-corrected chi connectivity index (χ2v) is 5.89. The van der Waals surface area contributed by atoms with E-state index >= 15 is 0 Å². The van der Waals surface area contributed by atoms with Crippen LogP contribution in [0.5, 0.6) is 11.5 Å². The zero-order chi connectivity index (χ0) is 18.9. The molecule has 0 heterocycles. The smallest absolute Gasteiger partial charge is 0.227 e. The predicted octanol–water partition coefficient (Wildman–Crippen LogP) is 4.85. The summed E-state index contributed by atoms with van der Waals surface area (Å²) in [5.41, 5.74) is 2.73. The Bertz CT molecular complexity index is 847. The minimum atomic E-state index is -0.0905. The number of ether oxygens (including phenoxy) is 2. The number of rotatable bonds is 8. The van der Waals surface area contributed by atoms with Gasteiger partial charge in [0.25, 0.3) is 0 Å². The quantitative estimate of drug-likeness (QED) is 0.602. The number of carbonyl (C=O) groups is 1. The summed E-state index contributed by atoms with van der Waals surface area (Å²) in [6.45, 7) is 0.311. The average molecular weight is 362 g/mol. The first-order chi connectivity index (χ1) is 13.2. The van der Waals surface area contributed by atoms with Crippen LogP contribution >= 0.6 is 0 Å². The molecule has 3 rings (SSSR count). The summed E-state index contributed by atoms with van der Waals surface area (Å²) >= 11 is 0. The fourth-order valence-corrected chi connectivity index (χ4v) is 2.48. The summed E-state index contributed by atoms with van der Waals surface area (Å²) < 4.78 is 10.7. The summed E-state index contributed by atoms with van der Waals surface area (Å²) in [4.78, 5) is 12.1. The number of hydrogen-bond donors (Lipinski definition) is 2. The number of benzene rings is 3. The zero-order valence-electron chi connectivity index (χ0n) is 15.1. The van der Waals surface area contributed by atoms with E-state index in [0.29, 0.717) is 12.4 Å². The van der Waals surface area contributed by atoms with Gasteiger partial charge in [0.05, 0.1) is 20.1 Å². The molecule has 0 radical (unpaired) electrons. The summed E-state index contributed by atoms with van der Waals surface area (Å²) in [5.74, 6) is 1.39. The Balaban J connectivity index is 1.43. The summed E-state index contributed by atoms with van der Waals surface area (Å²) in [6, 6.07) is 24.8. The Morgan fingerprint density at radius 3 is 2.04 bits per heavy atom. The first kappa shape index (κ1) is 18.3. The summed E-state index contributed by atoms with van der Waals surface area (Å²) in [6.07, 6.45) is 0.274. The minimum Gasteiger partial charge on any atom is -0.497 e. The lowest BCUT2D eigenvalue weighted by Crippen LogP contribution is -2.15. The van der Waals surface area contributed by atoms with Gasteiger partial charge in [0.15, 0.2) is 0 Å². The Morgan fingerprint density at radius 2 is 1.37 bits per heavy atom. The van der Waals surface area contributed by atoms with Crippen molar-refractivity contribution in [3.05, 3.63) is 78.9 Å². The van der Waals surface area contributed by atoms with E-state index in [9.17, 15) is 4.79 Å². The molecule has 0 aliphatic rings. The van der Waals surface area contributed by atoms with Crippen molar-refractivity contribution in [2.45, 2.75) is 6.42 Å². The van der Waals surface area contributed by atoms with Crippen molar-refractivity contribution in [3.8, 4) is 11.5 Å². The van der Waals surface area contributed by atoms with Crippen LogP contribution in [0.15, 0.2) is 78.9 Å². The van der Waals surface area contributed by atoms with E-state index in [1.54, 1.807) is 7.11 Å². The van der Waals surface area contributed by atoms with Gasteiger partial charge in [-0.1, -0.05) is 18.2 Å². The van der Waals surface area contributed by atoms with Crippen LogP contribution in [0.25, 0.3) is 0 Å². The van der Waals surface area contributed by atoms with Gasteiger partial charge in [-0.25, -0.2) is 0 Å². The lowest BCUT2D eigenvalue weighted by molar-refractivity contribution is -0.116. The number of amides is 1. The van der Waals surface area contributed by atoms with Crippen molar-refractivity contribution >= 4 is 23.0 Å². The zero-order valence-corrected chi connectivity index (χ0v) is 15.1. The normalized spacial score (nSPS) is 10.1. The van der Waals surface area contributed by atoms with Crippen molar-refractivity contribution in [1.82, 2.24) is 0 Å². The van der Waals surface area contributed by atoms with E-state index in [1.807, 2.05) is 78.9 Å². The van der Waals surface area contributed by atoms with Gasteiger partial charge in [-0.05, 0) is 60.7 Å². The van der Waals surface area contributed by atoms with Crippen molar-refractivity contribution in [2.75, 3.05) is 24.4 Å². The highest BCUT2D eigenvalue weighted by molar-refractivity contribution is 5.91. The maximum atomic E-state index is 12.1. The number of carbonyl (C=O) groups excluding carboxylic acids is 1. The van der Waals surface area contributed by atoms with E-state index in [0.717, 1.165) is 22.8 Å². The number of para-hydroxylation sites is 1. The largest absolute Gasteiger partial charge is 0.497 e. The molecule has 0 bridgehead atoms. The lowest BCUT2D eigenvalue weighted by Gasteiger charge is -2.09. The number of anilines is 3. The van der Waals surface area contributed by atoms with Gasteiger partial charge in [0.1, 0.15) is 11.5 Å². The molecule has 138 valence electrons. The fraction of sp³-hybridized carbons (Fsp3) is 0.136. The van der Waals surface area contributed by atoms with E-state index in [1.165, 1.54) is 0 Å². The monoisotopic (exact) mass is 362 g/mol. The van der Waals surface area contributed by atoms with Crippen molar-refractivity contribution in [2.24, 2.45) is 0 Å². The summed E-state index contributed by atoms with van der Waals surface area (Å²) in [7, 11) is 1.62. The minimum absolute atomic E-state index is 0.0905. The van der Waals surface area contributed by atoms with E-state index in [-0.39, 0.29) is 12.3 Å². The van der Waals surface area contributed by atoms with E-state index in [4.69, 9.17) is 9.47 Å². The maximum absolute atomic E-state index is 12.1. The van der Waals surface area contributed by atoms with Crippen molar-refractivity contribution < 1.29 is 14.3 Å². The summed E-state index contributed by atoms with van der Waals surface area (Å²) in [5, 5.41) is 6.17. The molecule has 0 aromatic heterocycles.